The van der Waals surface area contributed by atoms with Crippen molar-refractivity contribution in [2.45, 2.75) is 20.0 Å². The number of hydrogen-bond acceptors (Lipinski definition) is 5. The van der Waals surface area contributed by atoms with Gasteiger partial charge in [0.15, 0.2) is 0 Å². The normalized spacial score (nSPS) is 10.3. The fourth-order valence-corrected chi connectivity index (χ4v) is 2.57. The molecule has 0 aliphatic rings. The lowest BCUT2D eigenvalue weighted by atomic mass is 10.1. The number of nitrogens with one attached hydrogen (secondary N) is 2. The van der Waals surface area contributed by atoms with E-state index in [1.807, 2.05) is 55.5 Å². The van der Waals surface area contributed by atoms with E-state index in [-0.39, 0.29) is 11.6 Å². The molecule has 0 unspecified atom stereocenters. The minimum Gasteiger partial charge on any atom is -0.497 e. The van der Waals surface area contributed by atoms with Gasteiger partial charge in [-0.25, -0.2) is 9.97 Å². The predicted molar refractivity (Wildman–Crippen MR) is 105 cm³/mol. The Kier molecular flexibility index (Phi) is 5.99. The van der Waals surface area contributed by atoms with E-state index in [1.54, 1.807) is 13.3 Å². The fraction of sp³-hybridized carbons (Fsp3) is 0.190. The van der Waals surface area contributed by atoms with Crippen molar-refractivity contribution < 1.29 is 9.53 Å². The second-order valence-electron chi connectivity index (χ2n) is 6.16. The largest absolute Gasteiger partial charge is 0.497 e. The van der Waals surface area contributed by atoms with Crippen LogP contribution in [0.5, 0.6) is 5.75 Å². The number of benzene rings is 2. The maximum Gasteiger partial charge on any atom is 0.271 e. The summed E-state index contributed by atoms with van der Waals surface area (Å²) in [6.45, 7) is 3.09. The van der Waals surface area contributed by atoms with Crippen LogP contribution in [-0.4, -0.2) is 23.0 Å². The summed E-state index contributed by atoms with van der Waals surface area (Å²) in [6.07, 6.45) is 3.03. The first-order valence-corrected chi connectivity index (χ1v) is 8.66. The summed E-state index contributed by atoms with van der Waals surface area (Å²) in [7, 11) is 1.64. The van der Waals surface area contributed by atoms with Gasteiger partial charge in [-0.1, -0.05) is 42.0 Å². The number of nitrogens with zero attached hydrogens (tertiary/aromatic N) is 2. The number of amides is 1. The summed E-state index contributed by atoms with van der Waals surface area (Å²) in [6, 6.07) is 15.8. The van der Waals surface area contributed by atoms with Crippen LogP contribution in [0.1, 0.15) is 27.2 Å². The van der Waals surface area contributed by atoms with Crippen LogP contribution in [-0.2, 0) is 13.1 Å². The van der Waals surface area contributed by atoms with Gasteiger partial charge in [-0.2, -0.15) is 0 Å². The lowest BCUT2D eigenvalue weighted by Crippen LogP contribution is -2.24. The topological polar surface area (TPSA) is 76.1 Å². The molecule has 1 aromatic heterocycles. The van der Waals surface area contributed by atoms with E-state index in [1.165, 1.54) is 6.20 Å². The average molecular weight is 362 g/mol. The van der Waals surface area contributed by atoms with E-state index < -0.39 is 0 Å². The molecule has 6 nitrogen and oxygen atoms in total. The van der Waals surface area contributed by atoms with Crippen LogP contribution in [0.15, 0.2) is 60.9 Å². The second-order valence-corrected chi connectivity index (χ2v) is 6.16. The summed E-state index contributed by atoms with van der Waals surface area (Å²) in [4.78, 5) is 20.7. The summed E-state index contributed by atoms with van der Waals surface area (Å²) in [5.74, 6) is 1.19. The number of aromatic nitrogens is 2. The molecule has 0 bridgehead atoms. The Balaban J connectivity index is 1.52. The van der Waals surface area contributed by atoms with E-state index in [0.29, 0.717) is 18.9 Å². The van der Waals surface area contributed by atoms with Gasteiger partial charge in [0.05, 0.1) is 19.5 Å². The Hall–Kier alpha value is -3.41. The lowest BCUT2D eigenvalue weighted by Gasteiger charge is -2.08. The Labute approximate surface area is 158 Å². The van der Waals surface area contributed by atoms with Gasteiger partial charge in [-0.15, -0.1) is 0 Å². The zero-order valence-electron chi connectivity index (χ0n) is 15.4. The molecule has 27 heavy (non-hydrogen) atoms. The number of carbonyl (C=O) groups excluding carboxylic acids is 1. The van der Waals surface area contributed by atoms with Gasteiger partial charge in [-0.3, -0.25) is 4.79 Å². The molecule has 0 aliphatic carbocycles. The second kappa shape index (κ2) is 8.80. The lowest BCUT2D eigenvalue weighted by molar-refractivity contribution is 0.0945. The van der Waals surface area contributed by atoms with Crippen LogP contribution < -0.4 is 15.4 Å². The van der Waals surface area contributed by atoms with Gasteiger partial charge in [0.25, 0.3) is 5.91 Å². The highest BCUT2D eigenvalue weighted by molar-refractivity contribution is 5.91. The summed E-state index contributed by atoms with van der Waals surface area (Å²) < 4.78 is 5.14. The van der Waals surface area contributed by atoms with Crippen molar-refractivity contribution in [2.24, 2.45) is 0 Å². The van der Waals surface area contributed by atoms with Crippen molar-refractivity contribution in [3.05, 3.63) is 83.3 Å². The minimum atomic E-state index is -0.245. The van der Waals surface area contributed by atoms with Gasteiger partial charge >= 0.3 is 0 Å². The molecule has 1 heterocycles. The molecule has 1 amide bonds. The monoisotopic (exact) mass is 362 g/mol. The average Bonchev–Trinajstić information content (AvgIpc) is 2.71. The molecule has 0 saturated carbocycles. The number of carbonyl (C=O) groups is 1. The zero-order chi connectivity index (χ0) is 19.1. The Morgan fingerprint density at radius 1 is 1.00 bits per heavy atom. The van der Waals surface area contributed by atoms with Gasteiger partial charge < -0.3 is 15.4 Å². The molecule has 0 atom stereocenters. The van der Waals surface area contributed by atoms with Crippen molar-refractivity contribution in [3.63, 3.8) is 0 Å². The van der Waals surface area contributed by atoms with Crippen molar-refractivity contribution in [3.8, 4) is 5.75 Å². The fourth-order valence-electron chi connectivity index (χ4n) is 2.57. The third-order valence-corrected chi connectivity index (χ3v) is 4.05. The van der Waals surface area contributed by atoms with Gasteiger partial charge in [0, 0.05) is 13.1 Å². The first-order valence-electron chi connectivity index (χ1n) is 8.66. The van der Waals surface area contributed by atoms with E-state index in [2.05, 4.69) is 20.6 Å². The molecule has 0 fully saturated rings. The highest BCUT2D eigenvalue weighted by atomic mass is 16.5. The predicted octanol–water partition coefficient (Wildman–Crippen LogP) is 3.34. The minimum absolute atomic E-state index is 0.245. The number of ether oxygens (including phenoxy) is 1. The molecule has 138 valence electrons. The molecule has 0 aliphatic heterocycles. The van der Waals surface area contributed by atoms with E-state index in [0.717, 1.165) is 22.4 Å². The zero-order valence-corrected chi connectivity index (χ0v) is 15.4. The van der Waals surface area contributed by atoms with E-state index >= 15 is 0 Å². The molecule has 0 spiro atoms. The van der Waals surface area contributed by atoms with Crippen molar-refractivity contribution in [1.82, 2.24) is 15.3 Å². The Bertz CT molecular complexity index is 893. The first kappa shape index (κ1) is 18.4. The van der Waals surface area contributed by atoms with Gasteiger partial charge in [-0.05, 0) is 30.2 Å². The van der Waals surface area contributed by atoms with E-state index in [4.69, 9.17) is 4.74 Å². The van der Waals surface area contributed by atoms with Crippen LogP contribution in [0.3, 0.4) is 0 Å². The smallest absolute Gasteiger partial charge is 0.271 e. The molecule has 6 heteroatoms. The Morgan fingerprint density at radius 2 is 1.81 bits per heavy atom. The third kappa shape index (κ3) is 5.28. The number of methoxy groups -OCH3 is 1. The number of hydrogen-bond donors (Lipinski definition) is 2. The van der Waals surface area contributed by atoms with E-state index in [9.17, 15) is 4.79 Å². The van der Waals surface area contributed by atoms with Crippen LogP contribution in [0.4, 0.5) is 5.82 Å². The maximum absolute atomic E-state index is 12.2. The van der Waals surface area contributed by atoms with Gasteiger partial charge in [0.2, 0.25) is 0 Å². The third-order valence-electron chi connectivity index (χ3n) is 4.05. The quantitative estimate of drug-likeness (QED) is 0.674. The molecular weight excluding hydrogens is 340 g/mol. The number of rotatable bonds is 7. The molecule has 0 radical (unpaired) electrons. The highest BCUT2D eigenvalue weighted by Gasteiger charge is 2.08. The van der Waals surface area contributed by atoms with Gasteiger partial charge in [0.1, 0.15) is 17.3 Å². The van der Waals surface area contributed by atoms with Crippen molar-refractivity contribution in [2.75, 3.05) is 12.4 Å². The molecule has 3 rings (SSSR count). The number of anilines is 1. The maximum atomic E-state index is 12.2. The SMILES string of the molecule is COc1ccc(CNc2cnc(C(=O)NCc3cccc(C)c3)cn2)cc1. The van der Waals surface area contributed by atoms with Crippen LogP contribution in [0.25, 0.3) is 0 Å². The van der Waals surface area contributed by atoms with Crippen molar-refractivity contribution >= 4 is 11.7 Å². The summed E-state index contributed by atoms with van der Waals surface area (Å²) >= 11 is 0. The number of aryl methyl sites for hydroxylation is 1. The molecular formula is C21H22N4O2. The standard InChI is InChI=1S/C21H22N4O2/c1-15-4-3-5-17(10-15)12-25-21(26)19-13-24-20(14-22-19)23-11-16-6-8-18(27-2)9-7-16/h3-10,13-14H,11-12H2,1-2H3,(H,23,24)(H,25,26). The van der Waals surface area contributed by atoms with Crippen LogP contribution in [0.2, 0.25) is 0 Å². The highest BCUT2D eigenvalue weighted by Crippen LogP contribution is 2.12. The molecule has 2 aromatic carbocycles. The summed E-state index contributed by atoms with van der Waals surface area (Å²) in [5, 5.41) is 6.04. The molecule has 0 saturated heterocycles. The van der Waals surface area contributed by atoms with Crippen LogP contribution >= 0.6 is 0 Å². The summed E-state index contributed by atoms with van der Waals surface area (Å²) in [5.41, 5.74) is 3.60. The Morgan fingerprint density at radius 3 is 2.48 bits per heavy atom. The van der Waals surface area contributed by atoms with Crippen LogP contribution in [0, 0.1) is 6.92 Å². The molecule has 2 N–H and O–H groups in total. The van der Waals surface area contributed by atoms with Crippen molar-refractivity contribution in [1.29, 1.82) is 0 Å². The first-order chi connectivity index (χ1) is 13.1. The molecule has 3 aromatic rings.